The van der Waals surface area contributed by atoms with Crippen molar-refractivity contribution in [3.63, 3.8) is 0 Å². The third-order valence-electron chi connectivity index (χ3n) is 4.14. The molecule has 0 aromatic carbocycles. The average molecular weight is 285 g/mol. The van der Waals surface area contributed by atoms with Crippen molar-refractivity contribution >= 4 is 11.6 Å². The molecule has 0 spiro atoms. The Kier molecular flexibility index (Phi) is 4.10. The van der Waals surface area contributed by atoms with Gasteiger partial charge in [0.25, 0.3) is 0 Å². The molecule has 0 unspecified atom stereocenters. The van der Waals surface area contributed by atoms with Crippen molar-refractivity contribution in [1.29, 1.82) is 5.26 Å². The van der Waals surface area contributed by atoms with Crippen LogP contribution in [0, 0.1) is 11.3 Å². The lowest BCUT2D eigenvalue weighted by molar-refractivity contribution is -0.114. The van der Waals surface area contributed by atoms with E-state index in [-0.39, 0.29) is 5.91 Å². The topological polar surface area (TPSA) is 86.0 Å². The first-order chi connectivity index (χ1) is 9.93. The van der Waals surface area contributed by atoms with Gasteiger partial charge in [0.05, 0.1) is 34.7 Å². The molecule has 110 valence electrons. The van der Waals surface area contributed by atoms with Crippen LogP contribution in [0.25, 0.3) is 0 Å². The van der Waals surface area contributed by atoms with Crippen LogP contribution in [0.15, 0.2) is 31.0 Å². The SMILES string of the molecule is C=C[C@]1(O)CC[C@@](C#N)(c2ccc(NC(C)=O)cn2)CC1. The Bertz CT molecular complexity index is 579. The van der Waals surface area contributed by atoms with Gasteiger partial charge in [-0.05, 0) is 37.8 Å². The van der Waals surface area contributed by atoms with Crippen molar-refractivity contribution < 1.29 is 9.90 Å². The molecule has 5 heteroatoms. The summed E-state index contributed by atoms with van der Waals surface area (Å²) in [5, 5.41) is 22.4. The molecular weight excluding hydrogens is 266 g/mol. The van der Waals surface area contributed by atoms with Crippen molar-refractivity contribution in [3.8, 4) is 6.07 Å². The molecule has 2 rings (SSSR count). The number of anilines is 1. The van der Waals surface area contributed by atoms with Crippen molar-refractivity contribution in [2.45, 2.75) is 43.6 Å². The van der Waals surface area contributed by atoms with E-state index >= 15 is 0 Å². The predicted octanol–water partition coefficient (Wildman–Crippen LogP) is 2.29. The smallest absolute Gasteiger partial charge is 0.221 e. The maximum absolute atomic E-state index is 11.0. The van der Waals surface area contributed by atoms with Crippen LogP contribution in [0.2, 0.25) is 0 Å². The summed E-state index contributed by atoms with van der Waals surface area (Å²) in [4.78, 5) is 15.3. The highest BCUT2D eigenvalue weighted by Gasteiger charge is 2.42. The lowest BCUT2D eigenvalue weighted by atomic mass is 9.67. The maximum atomic E-state index is 11.0. The Hall–Kier alpha value is -2.19. The second-order valence-electron chi connectivity index (χ2n) is 5.61. The molecule has 1 aromatic rings. The zero-order chi connectivity index (χ0) is 15.5. The molecule has 1 amide bonds. The lowest BCUT2D eigenvalue weighted by Gasteiger charge is -2.38. The van der Waals surface area contributed by atoms with Gasteiger partial charge in [-0.3, -0.25) is 9.78 Å². The Morgan fingerprint density at radius 1 is 1.48 bits per heavy atom. The molecule has 21 heavy (non-hydrogen) atoms. The third kappa shape index (κ3) is 3.11. The molecule has 1 saturated carbocycles. The molecule has 0 aliphatic heterocycles. The molecule has 0 bridgehead atoms. The average Bonchev–Trinajstić information content (AvgIpc) is 2.49. The van der Waals surface area contributed by atoms with Gasteiger partial charge in [-0.15, -0.1) is 6.58 Å². The van der Waals surface area contributed by atoms with E-state index < -0.39 is 11.0 Å². The van der Waals surface area contributed by atoms with Gasteiger partial charge in [-0.1, -0.05) is 6.08 Å². The van der Waals surface area contributed by atoms with Gasteiger partial charge < -0.3 is 10.4 Å². The number of amides is 1. The Balaban J connectivity index is 2.21. The van der Waals surface area contributed by atoms with Crippen molar-refractivity contribution in [2.24, 2.45) is 0 Å². The van der Waals surface area contributed by atoms with Gasteiger partial charge in [0.15, 0.2) is 0 Å². The quantitative estimate of drug-likeness (QED) is 0.834. The van der Waals surface area contributed by atoms with Gasteiger partial charge in [0, 0.05) is 6.92 Å². The number of carbonyl (C=O) groups is 1. The fourth-order valence-corrected chi connectivity index (χ4v) is 2.69. The number of nitriles is 1. The van der Waals surface area contributed by atoms with Gasteiger partial charge in [0.1, 0.15) is 0 Å². The van der Waals surface area contributed by atoms with Crippen LogP contribution in [0.4, 0.5) is 5.69 Å². The fraction of sp³-hybridized carbons (Fsp3) is 0.438. The molecule has 1 aromatic heterocycles. The minimum atomic E-state index is -0.878. The predicted molar refractivity (Wildman–Crippen MR) is 79.4 cm³/mol. The minimum Gasteiger partial charge on any atom is -0.386 e. The Morgan fingerprint density at radius 3 is 2.57 bits per heavy atom. The second-order valence-corrected chi connectivity index (χ2v) is 5.61. The normalized spacial score (nSPS) is 28.4. The van der Waals surface area contributed by atoms with Gasteiger partial charge >= 0.3 is 0 Å². The number of carbonyl (C=O) groups excluding carboxylic acids is 1. The van der Waals surface area contributed by atoms with Crippen LogP contribution in [0.1, 0.15) is 38.3 Å². The highest BCUT2D eigenvalue weighted by atomic mass is 16.3. The van der Waals surface area contributed by atoms with Crippen LogP contribution in [0.5, 0.6) is 0 Å². The number of aromatic nitrogens is 1. The zero-order valence-corrected chi connectivity index (χ0v) is 12.1. The van der Waals surface area contributed by atoms with Crippen LogP contribution in [0.3, 0.4) is 0 Å². The van der Waals surface area contributed by atoms with E-state index in [0.29, 0.717) is 37.1 Å². The number of pyridine rings is 1. The molecule has 0 radical (unpaired) electrons. The van der Waals surface area contributed by atoms with Crippen molar-refractivity contribution in [3.05, 3.63) is 36.7 Å². The number of aliphatic hydroxyl groups is 1. The summed E-state index contributed by atoms with van der Waals surface area (Å²) in [5.41, 5.74) is -0.261. The number of hydrogen-bond donors (Lipinski definition) is 2. The third-order valence-corrected chi connectivity index (χ3v) is 4.14. The van der Waals surface area contributed by atoms with Gasteiger partial charge in [0.2, 0.25) is 5.91 Å². The van der Waals surface area contributed by atoms with Crippen molar-refractivity contribution in [2.75, 3.05) is 5.32 Å². The van der Waals surface area contributed by atoms with Gasteiger partial charge in [-0.25, -0.2) is 0 Å². The summed E-state index contributed by atoms with van der Waals surface area (Å²) in [6.07, 6.45) is 5.20. The van der Waals surface area contributed by atoms with Crippen LogP contribution in [-0.4, -0.2) is 21.6 Å². The highest BCUT2D eigenvalue weighted by molar-refractivity contribution is 5.88. The van der Waals surface area contributed by atoms with E-state index in [4.69, 9.17) is 0 Å². The van der Waals surface area contributed by atoms with Gasteiger partial charge in [-0.2, -0.15) is 5.26 Å². The Morgan fingerprint density at radius 2 is 2.14 bits per heavy atom. The molecule has 1 heterocycles. The summed E-state index contributed by atoms with van der Waals surface area (Å²) in [6, 6.07) is 5.88. The van der Waals surface area contributed by atoms with Crippen molar-refractivity contribution in [1.82, 2.24) is 4.98 Å². The second kappa shape index (κ2) is 5.66. The monoisotopic (exact) mass is 285 g/mol. The molecule has 5 nitrogen and oxygen atoms in total. The molecule has 2 N–H and O–H groups in total. The number of nitrogens with one attached hydrogen (secondary N) is 1. The largest absolute Gasteiger partial charge is 0.386 e. The number of rotatable bonds is 3. The first kappa shape index (κ1) is 15.2. The standard InChI is InChI=1S/C16H19N3O2/c1-3-16(21)8-6-15(11-17,7-9-16)14-5-4-13(10-18-14)19-12(2)20/h3-5,10,21H,1,6-9H2,2H3,(H,19,20)/t15-,16+. The summed E-state index contributed by atoms with van der Waals surface area (Å²) < 4.78 is 0. The van der Waals surface area contributed by atoms with Crippen LogP contribution in [-0.2, 0) is 10.2 Å². The lowest BCUT2D eigenvalue weighted by Crippen LogP contribution is -2.39. The number of nitrogens with zero attached hydrogens (tertiary/aromatic N) is 2. The Labute approximate surface area is 124 Å². The first-order valence-corrected chi connectivity index (χ1v) is 6.94. The molecule has 0 atom stereocenters. The first-order valence-electron chi connectivity index (χ1n) is 6.94. The summed E-state index contributed by atoms with van der Waals surface area (Å²) in [5.74, 6) is -0.159. The fourth-order valence-electron chi connectivity index (χ4n) is 2.69. The molecule has 1 aliphatic rings. The maximum Gasteiger partial charge on any atom is 0.221 e. The number of hydrogen-bond acceptors (Lipinski definition) is 4. The molecular formula is C16H19N3O2. The highest BCUT2D eigenvalue weighted by Crippen LogP contribution is 2.42. The van der Waals surface area contributed by atoms with E-state index in [1.165, 1.54) is 6.92 Å². The minimum absolute atomic E-state index is 0.159. The molecule has 0 saturated heterocycles. The van der Waals surface area contributed by atoms with E-state index in [2.05, 4.69) is 22.9 Å². The molecule has 1 fully saturated rings. The summed E-state index contributed by atoms with van der Waals surface area (Å²) in [6.45, 7) is 5.09. The molecule has 1 aliphatic carbocycles. The summed E-state index contributed by atoms with van der Waals surface area (Å²) >= 11 is 0. The van der Waals surface area contributed by atoms with E-state index in [9.17, 15) is 15.2 Å². The summed E-state index contributed by atoms with van der Waals surface area (Å²) in [7, 11) is 0. The van der Waals surface area contributed by atoms with E-state index in [1.807, 2.05) is 0 Å². The van der Waals surface area contributed by atoms with E-state index in [1.54, 1.807) is 24.4 Å². The van der Waals surface area contributed by atoms with Crippen LogP contribution >= 0.6 is 0 Å². The zero-order valence-electron chi connectivity index (χ0n) is 12.1. The van der Waals surface area contributed by atoms with Crippen LogP contribution < -0.4 is 5.32 Å². The van der Waals surface area contributed by atoms with E-state index in [0.717, 1.165) is 0 Å².